The molecule has 6 aliphatic heterocycles. The summed E-state index contributed by atoms with van der Waals surface area (Å²) in [6, 6.07) is -6.67. The van der Waals surface area contributed by atoms with Crippen molar-refractivity contribution < 1.29 is 178 Å². The second-order valence-electron chi connectivity index (χ2n) is 32.1. The number of carbonyl (C=O) groups excluding carboxylic acids is 4. The van der Waals surface area contributed by atoms with Gasteiger partial charge in [0.15, 0.2) is 31.5 Å². The number of unbranched alkanes of at least 4 members (excludes halogenated alkanes) is 23. The summed E-state index contributed by atoms with van der Waals surface area (Å²) in [6.45, 7) is 0.0632. The van der Waals surface area contributed by atoms with E-state index < -0.39 is 278 Å². The van der Waals surface area contributed by atoms with Gasteiger partial charge in [0.1, 0.15) is 140 Å². The van der Waals surface area contributed by atoms with Gasteiger partial charge in [-0.25, -0.2) is 4.79 Å². The molecule has 6 rings (SSSR count). The van der Waals surface area contributed by atoms with Crippen molar-refractivity contribution in [2.45, 2.75) is 410 Å². The predicted molar refractivity (Wildman–Crippen MR) is 413 cm³/mol. The molecule has 6 saturated heterocycles. The molecule has 0 saturated carbocycles. The third kappa shape index (κ3) is 30.6. The van der Waals surface area contributed by atoms with E-state index in [1.54, 1.807) is 6.08 Å². The highest BCUT2D eigenvalue weighted by Gasteiger charge is 2.63. The van der Waals surface area contributed by atoms with E-state index in [0.29, 0.717) is 12.8 Å². The fourth-order valence-corrected chi connectivity index (χ4v) is 15.9. The molecule has 33 atom stereocenters. The van der Waals surface area contributed by atoms with E-state index in [2.05, 4.69) is 35.1 Å². The van der Waals surface area contributed by atoms with Gasteiger partial charge in [-0.15, -0.1) is 0 Å². The Morgan fingerprint density at radius 1 is 0.437 bits per heavy atom. The summed E-state index contributed by atoms with van der Waals surface area (Å²) >= 11 is 0. The van der Waals surface area contributed by atoms with Crippen molar-refractivity contribution in [3.8, 4) is 0 Å². The molecule has 12 unspecified atom stereocenters. The first-order chi connectivity index (χ1) is 56.9. The Morgan fingerprint density at radius 2 is 0.840 bits per heavy atom. The molecule has 0 aromatic heterocycles. The number of carbonyl (C=O) groups is 5. The molecule has 6 fully saturated rings. The van der Waals surface area contributed by atoms with E-state index in [4.69, 9.17) is 56.8 Å². The molecular formula is C79H140N4O36. The zero-order valence-electron chi connectivity index (χ0n) is 69.1. The molecule has 4 amide bonds. The minimum Gasteiger partial charge on any atom is -0.477 e. The molecule has 23 N–H and O–H groups in total. The van der Waals surface area contributed by atoms with Crippen LogP contribution in [0.2, 0.25) is 0 Å². The van der Waals surface area contributed by atoms with Crippen LogP contribution >= 0.6 is 0 Å². The number of carboxylic acid groups (broad SMARTS) is 1. The van der Waals surface area contributed by atoms with Crippen LogP contribution in [0.25, 0.3) is 0 Å². The average Bonchev–Trinajstić information content (AvgIpc) is 0.747. The number of ether oxygens (including phenoxy) is 12. The fourth-order valence-electron chi connectivity index (χ4n) is 15.9. The van der Waals surface area contributed by atoms with Gasteiger partial charge in [0, 0.05) is 33.6 Å². The summed E-state index contributed by atoms with van der Waals surface area (Å²) in [4.78, 5) is 65.4. The molecule has 6 heterocycles. The zero-order valence-corrected chi connectivity index (χ0v) is 69.1. The lowest BCUT2D eigenvalue weighted by atomic mass is 9.88. The van der Waals surface area contributed by atoms with Crippen LogP contribution in [0.4, 0.5) is 0 Å². The van der Waals surface area contributed by atoms with Gasteiger partial charge < -0.3 is 175 Å². The van der Waals surface area contributed by atoms with Crippen molar-refractivity contribution in [2.24, 2.45) is 0 Å². The molecule has 40 heteroatoms. The first-order valence-electron chi connectivity index (χ1n) is 42.6. The Labute approximate surface area is 694 Å². The van der Waals surface area contributed by atoms with Gasteiger partial charge in [-0.05, 0) is 19.3 Å². The summed E-state index contributed by atoms with van der Waals surface area (Å²) in [5.41, 5.74) is 0. The SMILES string of the molecule is CCCCCCCCCCCCC/C=C/[C@@H](O)[C@H](CO[C@@H]1OC(CO)[C@@H](O[C@@H]2OC(CO)[C@H](O)[C@H](O[C@@H]3OC(CO)[C@@H](O[C@@H]4OC(CO)[C@H](O[C@@H]5OC(CO)[C@H](O)[C@H](O)C5NC(C)=O)[C@H](O[C@]5(C(=O)O)CC(O)[C@@H](NC(C)=O)C([C@H](O)[C@H](O)CO)O5)C4O)[C@H](O)C3NC(C)=O)C2O)[C@H](O)C1O)NC(=O)CCCCCCCCCCCCCCC. The number of nitrogens with one attached hydrogen (secondary N) is 4. The molecule has 40 nitrogen and oxygen atoms in total. The Hall–Kier alpha value is -4.11. The Kier molecular flexibility index (Phi) is 46.5. The number of amides is 4. The second-order valence-corrected chi connectivity index (χ2v) is 32.1. The molecular weight excluding hydrogens is 1580 g/mol. The number of aliphatic carboxylic acids is 1. The molecule has 0 aromatic rings. The first kappa shape index (κ1) is 104. The summed E-state index contributed by atoms with van der Waals surface area (Å²) in [7, 11) is 0. The quantitative estimate of drug-likeness (QED) is 0.0205. The maximum absolute atomic E-state index is 13.7. The van der Waals surface area contributed by atoms with Crippen LogP contribution in [0, 0.1) is 0 Å². The van der Waals surface area contributed by atoms with Crippen LogP contribution in [0.5, 0.6) is 0 Å². The second kappa shape index (κ2) is 53.4. The van der Waals surface area contributed by atoms with E-state index in [1.165, 1.54) is 89.9 Å². The van der Waals surface area contributed by atoms with Crippen molar-refractivity contribution in [1.29, 1.82) is 0 Å². The number of hydrogen-bond donors (Lipinski definition) is 23. The lowest BCUT2D eigenvalue weighted by Crippen LogP contribution is -2.72. The number of rotatable bonds is 54. The van der Waals surface area contributed by atoms with Gasteiger partial charge in [-0.3, -0.25) is 19.2 Å². The van der Waals surface area contributed by atoms with E-state index in [-0.39, 0.29) is 12.3 Å². The van der Waals surface area contributed by atoms with E-state index in [1.807, 2.05) is 6.08 Å². The minimum atomic E-state index is -3.39. The number of hydrogen-bond acceptors (Lipinski definition) is 35. The third-order valence-corrected chi connectivity index (χ3v) is 22.6. The first-order valence-corrected chi connectivity index (χ1v) is 42.6. The number of aliphatic hydroxyl groups excluding tert-OH is 18. The molecule has 0 spiro atoms. The maximum atomic E-state index is 13.7. The normalized spacial score (nSPS) is 36.2. The average molecular weight is 1720 g/mol. The smallest absolute Gasteiger partial charge is 0.364 e. The standard InChI is InChI=1S/C79H140N4O36/c1-6-8-10-12-14-16-18-20-22-24-26-28-30-32-46(93)45(83-54(96)33-31-29-27-25-23-21-19-17-15-13-11-9-7-2)41-108-75-64(103)63(102)68(52(39-88)112-75)115-76-65(104)71(60(99)50(37-86)110-76)117-74-57(82-44(5)92)62(101)67(51(38-87)111-74)114-77-66(105)72(69(53(40-89)113-77)116-73-56(81-43(4)91)61(100)59(98)49(36-85)109-73)119-79(78(106)107)34-47(94)55(80-42(3)90)70(118-79)58(97)48(95)35-84/h30,32,45-53,55-77,84-89,93-95,97-105H,6-29,31,33-41H2,1-5H3,(H,80,90)(H,81,91)(H,82,92)(H,83,96)(H,106,107)/b32-30+/t45-,46+,47?,48+,49?,50?,51?,52?,53?,55+,56?,57?,58+,59-,60-,61+,62+,63+,64?,65?,66?,67+,68+,69-,70?,71-,72+,73-,74-,75+,76-,77-,79-/m0/s1. The maximum Gasteiger partial charge on any atom is 0.364 e. The summed E-state index contributed by atoms with van der Waals surface area (Å²) in [6.07, 6.45) is -27.9. The van der Waals surface area contributed by atoms with Crippen molar-refractivity contribution >= 4 is 29.6 Å². The van der Waals surface area contributed by atoms with Crippen LogP contribution < -0.4 is 21.3 Å². The summed E-state index contributed by atoms with van der Waals surface area (Å²) in [5, 5.41) is 224. The van der Waals surface area contributed by atoms with Crippen molar-refractivity contribution in [3.63, 3.8) is 0 Å². The zero-order chi connectivity index (χ0) is 87.6. The summed E-state index contributed by atoms with van der Waals surface area (Å²) < 4.78 is 72.0. The van der Waals surface area contributed by atoms with Gasteiger partial charge in [-0.2, -0.15) is 0 Å². The summed E-state index contributed by atoms with van der Waals surface area (Å²) in [5.74, 6) is -8.64. The van der Waals surface area contributed by atoms with Gasteiger partial charge in [0.05, 0.1) is 70.5 Å². The molecule has 6 aliphatic rings. The highest BCUT2D eigenvalue weighted by atomic mass is 16.8. The Balaban J connectivity index is 1.19. The van der Waals surface area contributed by atoms with Crippen LogP contribution in [-0.4, -0.2) is 375 Å². The van der Waals surface area contributed by atoms with Crippen molar-refractivity contribution in [2.75, 3.05) is 46.2 Å². The van der Waals surface area contributed by atoms with E-state index in [9.17, 15) is 121 Å². The highest BCUT2D eigenvalue weighted by molar-refractivity contribution is 5.77. The van der Waals surface area contributed by atoms with Gasteiger partial charge in [0.25, 0.3) is 5.79 Å². The Morgan fingerprint density at radius 3 is 1.33 bits per heavy atom. The predicted octanol–water partition coefficient (Wildman–Crippen LogP) is -3.85. The van der Waals surface area contributed by atoms with Crippen LogP contribution in [0.15, 0.2) is 12.2 Å². The van der Waals surface area contributed by atoms with Gasteiger partial charge in [-0.1, -0.05) is 167 Å². The minimum absolute atomic E-state index is 0.152. The lowest BCUT2D eigenvalue weighted by Gasteiger charge is -2.52. The fraction of sp³-hybridized carbons (Fsp3) is 0.911. The number of aliphatic hydroxyl groups is 18. The lowest BCUT2D eigenvalue weighted by molar-refractivity contribution is -0.401. The molecule has 692 valence electrons. The van der Waals surface area contributed by atoms with Gasteiger partial charge in [0.2, 0.25) is 23.6 Å². The molecule has 0 aliphatic carbocycles. The van der Waals surface area contributed by atoms with Crippen LogP contribution in [0.3, 0.4) is 0 Å². The number of allylic oxidation sites excluding steroid dienone is 1. The molecule has 0 bridgehead atoms. The molecule has 0 aromatic carbocycles. The van der Waals surface area contributed by atoms with Crippen LogP contribution in [-0.2, 0) is 80.8 Å². The van der Waals surface area contributed by atoms with E-state index in [0.717, 1.165) is 78.6 Å². The third-order valence-electron chi connectivity index (χ3n) is 22.6. The number of carboxylic acids is 1. The monoisotopic (exact) mass is 1720 g/mol. The topological polar surface area (TPSA) is 629 Å². The molecule has 119 heavy (non-hydrogen) atoms. The van der Waals surface area contributed by atoms with Crippen molar-refractivity contribution in [1.82, 2.24) is 21.3 Å². The largest absolute Gasteiger partial charge is 0.477 e. The van der Waals surface area contributed by atoms with Gasteiger partial charge >= 0.3 is 5.97 Å². The van der Waals surface area contributed by atoms with Crippen LogP contribution in [0.1, 0.15) is 208 Å². The molecule has 0 radical (unpaired) electrons. The van der Waals surface area contributed by atoms with Crippen molar-refractivity contribution in [3.05, 3.63) is 12.2 Å². The highest BCUT2D eigenvalue weighted by Crippen LogP contribution is 2.42. The Bertz CT molecular complexity index is 2920. The van der Waals surface area contributed by atoms with E-state index >= 15 is 0 Å².